The molecule has 0 saturated carbocycles. The Labute approximate surface area is 89.7 Å². The van der Waals surface area contributed by atoms with E-state index in [0.717, 1.165) is 24.0 Å². The number of rotatable bonds is 5. The molecule has 0 atom stereocenters. The van der Waals surface area contributed by atoms with Crippen molar-refractivity contribution in [1.82, 2.24) is 0 Å². The zero-order valence-electron chi connectivity index (χ0n) is 8.90. The van der Waals surface area contributed by atoms with Crippen LogP contribution in [0.2, 0.25) is 0 Å². The molecule has 0 bridgehead atoms. The fourth-order valence-corrected chi connectivity index (χ4v) is 1.42. The third-order valence-corrected chi connectivity index (χ3v) is 2.19. The van der Waals surface area contributed by atoms with E-state index in [0.29, 0.717) is 6.42 Å². The van der Waals surface area contributed by atoms with E-state index in [2.05, 4.69) is 4.74 Å². The molecule has 3 nitrogen and oxygen atoms in total. The molecule has 0 unspecified atom stereocenters. The first-order valence-corrected chi connectivity index (χ1v) is 5.01. The maximum Gasteiger partial charge on any atom is 0.309 e. The molecule has 3 heteroatoms. The van der Waals surface area contributed by atoms with Crippen LogP contribution < -0.4 is 0 Å². The van der Waals surface area contributed by atoms with Crippen molar-refractivity contribution in [3.8, 4) is 0 Å². The molecule has 0 aliphatic carbocycles. The number of benzene rings is 1. The number of aliphatic hydroxyl groups is 1. The van der Waals surface area contributed by atoms with Crippen LogP contribution in [0.25, 0.3) is 0 Å². The van der Waals surface area contributed by atoms with E-state index >= 15 is 0 Å². The Morgan fingerprint density at radius 2 is 2.13 bits per heavy atom. The molecular weight excluding hydrogens is 192 g/mol. The lowest BCUT2D eigenvalue weighted by molar-refractivity contribution is -0.139. The Bertz CT molecular complexity index is 320. The van der Waals surface area contributed by atoms with Gasteiger partial charge in [0.15, 0.2) is 0 Å². The summed E-state index contributed by atoms with van der Waals surface area (Å²) in [6, 6.07) is 7.80. The van der Waals surface area contributed by atoms with Gasteiger partial charge in [0.2, 0.25) is 0 Å². The number of ether oxygens (including phenoxy) is 1. The van der Waals surface area contributed by atoms with Gasteiger partial charge in [0.25, 0.3) is 0 Å². The Morgan fingerprint density at radius 3 is 2.80 bits per heavy atom. The molecule has 0 saturated heterocycles. The summed E-state index contributed by atoms with van der Waals surface area (Å²) in [6.45, 7) is 0.196. The Balaban J connectivity index is 2.61. The molecule has 1 aromatic carbocycles. The number of carbonyl (C=O) groups excluding carboxylic acids is 1. The molecule has 1 N–H and O–H groups in total. The summed E-state index contributed by atoms with van der Waals surface area (Å²) in [5, 5.41) is 8.71. The molecule has 0 radical (unpaired) electrons. The number of carbonyl (C=O) groups is 1. The van der Waals surface area contributed by atoms with Gasteiger partial charge in [-0.3, -0.25) is 4.79 Å². The summed E-state index contributed by atoms with van der Waals surface area (Å²) in [5.74, 6) is -0.227. The van der Waals surface area contributed by atoms with Crippen LogP contribution in [0.15, 0.2) is 24.3 Å². The third-order valence-electron chi connectivity index (χ3n) is 2.19. The maximum absolute atomic E-state index is 11.0. The quantitative estimate of drug-likeness (QED) is 0.742. The van der Waals surface area contributed by atoms with Crippen molar-refractivity contribution in [2.75, 3.05) is 13.7 Å². The van der Waals surface area contributed by atoms with Crippen molar-refractivity contribution < 1.29 is 14.6 Å². The van der Waals surface area contributed by atoms with Crippen LogP contribution in [-0.2, 0) is 22.4 Å². The summed E-state index contributed by atoms with van der Waals surface area (Å²) in [5.41, 5.74) is 2.10. The molecule has 82 valence electrons. The highest BCUT2D eigenvalue weighted by Gasteiger charge is 2.03. The highest BCUT2D eigenvalue weighted by atomic mass is 16.5. The van der Waals surface area contributed by atoms with Gasteiger partial charge in [0.05, 0.1) is 13.5 Å². The molecule has 15 heavy (non-hydrogen) atoms. The molecule has 0 amide bonds. The van der Waals surface area contributed by atoms with E-state index < -0.39 is 0 Å². The molecule has 0 fully saturated rings. The molecule has 0 aromatic heterocycles. The summed E-state index contributed by atoms with van der Waals surface area (Å²) in [6.07, 6.45) is 1.90. The standard InChI is InChI=1S/C12H16O3/c1-15-12(14)9-11-5-2-4-10(8-11)6-3-7-13/h2,4-5,8,13H,3,6-7,9H2,1H3. The molecule has 1 rings (SSSR count). The largest absolute Gasteiger partial charge is 0.469 e. The van der Waals surface area contributed by atoms with E-state index in [4.69, 9.17) is 5.11 Å². The van der Waals surface area contributed by atoms with E-state index in [1.165, 1.54) is 7.11 Å². The van der Waals surface area contributed by atoms with Crippen molar-refractivity contribution in [2.45, 2.75) is 19.3 Å². The second-order valence-corrected chi connectivity index (χ2v) is 3.40. The first-order valence-electron chi connectivity index (χ1n) is 5.01. The monoisotopic (exact) mass is 208 g/mol. The zero-order chi connectivity index (χ0) is 11.1. The number of aryl methyl sites for hydroxylation is 1. The predicted molar refractivity (Wildman–Crippen MR) is 57.6 cm³/mol. The second-order valence-electron chi connectivity index (χ2n) is 3.40. The van der Waals surface area contributed by atoms with Crippen LogP contribution in [0.4, 0.5) is 0 Å². The molecular formula is C12H16O3. The van der Waals surface area contributed by atoms with Gasteiger partial charge in [-0.25, -0.2) is 0 Å². The zero-order valence-corrected chi connectivity index (χ0v) is 8.90. The first kappa shape index (κ1) is 11.7. The number of methoxy groups -OCH3 is 1. The Kier molecular flexibility index (Phi) is 4.84. The first-order chi connectivity index (χ1) is 7.26. The number of hydrogen-bond acceptors (Lipinski definition) is 3. The third kappa shape index (κ3) is 4.13. The van der Waals surface area contributed by atoms with Gasteiger partial charge >= 0.3 is 5.97 Å². The molecule has 0 aliphatic heterocycles. The molecule has 0 spiro atoms. The van der Waals surface area contributed by atoms with Crippen LogP contribution >= 0.6 is 0 Å². The number of esters is 1. The van der Waals surface area contributed by atoms with Crippen molar-refractivity contribution in [1.29, 1.82) is 0 Å². The van der Waals surface area contributed by atoms with Gasteiger partial charge in [-0.15, -0.1) is 0 Å². The highest BCUT2D eigenvalue weighted by molar-refractivity contribution is 5.72. The molecule has 1 aromatic rings. The van der Waals surface area contributed by atoms with Gasteiger partial charge in [-0.2, -0.15) is 0 Å². The summed E-state index contributed by atoms with van der Waals surface area (Å²) in [4.78, 5) is 11.0. The summed E-state index contributed by atoms with van der Waals surface area (Å²) < 4.78 is 4.60. The van der Waals surface area contributed by atoms with Crippen LogP contribution in [0.5, 0.6) is 0 Å². The minimum absolute atomic E-state index is 0.196. The second kappa shape index (κ2) is 6.19. The van der Waals surface area contributed by atoms with E-state index in [1.807, 2.05) is 24.3 Å². The topological polar surface area (TPSA) is 46.5 Å². The predicted octanol–water partition coefficient (Wildman–Crippen LogP) is 1.33. The van der Waals surface area contributed by atoms with Gasteiger partial charge in [0.1, 0.15) is 0 Å². The van der Waals surface area contributed by atoms with Crippen LogP contribution in [0, 0.1) is 0 Å². The lowest BCUT2D eigenvalue weighted by atomic mass is 10.0. The molecule has 0 aliphatic rings. The molecule has 0 heterocycles. The SMILES string of the molecule is COC(=O)Cc1cccc(CCCO)c1. The van der Waals surface area contributed by atoms with Crippen molar-refractivity contribution in [3.05, 3.63) is 35.4 Å². The van der Waals surface area contributed by atoms with Crippen LogP contribution in [-0.4, -0.2) is 24.8 Å². The fourth-order valence-electron chi connectivity index (χ4n) is 1.42. The van der Waals surface area contributed by atoms with E-state index in [-0.39, 0.29) is 12.6 Å². The average molecular weight is 208 g/mol. The Hall–Kier alpha value is -1.35. The smallest absolute Gasteiger partial charge is 0.309 e. The summed E-state index contributed by atoms with van der Waals surface area (Å²) >= 11 is 0. The van der Waals surface area contributed by atoms with Crippen molar-refractivity contribution in [3.63, 3.8) is 0 Å². The fraction of sp³-hybridized carbons (Fsp3) is 0.417. The Morgan fingerprint density at radius 1 is 1.40 bits per heavy atom. The van der Waals surface area contributed by atoms with Crippen LogP contribution in [0.1, 0.15) is 17.5 Å². The lowest BCUT2D eigenvalue weighted by Gasteiger charge is -2.03. The average Bonchev–Trinajstić information content (AvgIpc) is 2.26. The van der Waals surface area contributed by atoms with Gasteiger partial charge in [-0.05, 0) is 24.0 Å². The lowest BCUT2D eigenvalue weighted by Crippen LogP contribution is -2.04. The number of aliphatic hydroxyl groups excluding tert-OH is 1. The highest BCUT2D eigenvalue weighted by Crippen LogP contribution is 2.08. The van der Waals surface area contributed by atoms with Crippen molar-refractivity contribution >= 4 is 5.97 Å². The van der Waals surface area contributed by atoms with Crippen molar-refractivity contribution in [2.24, 2.45) is 0 Å². The van der Waals surface area contributed by atoms with Gasteiger partial charge < -0.3 is 9.84 Å². The van der Waals surface area contributed by atoms with E-state index in [1.54, 1.807) is 0 Å². The van der Waals surface area contributed by atoms with Crippen LogP contribution in [0.3, 0.4) is 0 Å². The normalized spacial score (nSPS) is 10.0. The minimum atomic E-state index is -0.227. The van der Waals surface area contributed by atoms with Gasteiger partial charge in [-0.1, -0.05) is 24.3 Å². The number of hydrogen-bond donors (Lipinski definition) is 1. The minimum Gasteiger partial charge on any atom is -0.469 e. The maximum atomic E-state index is 11.0. The van der Waals surface area contributed by atoms with Gasteiger partial charge in [0, 0.05) is 6.61 Å². The van der Waals surface area contributed by atoms with E-state index in [9.17, 15) is 4.79 Å². The summed E-state index contributed by atoms with van der Waals surface area (Å²) in [7, 11) is 1.39.